The van der Waals surface area contributed by atoms with Gasteiger partial charge in [-0.25, -0.2) is 0 Å². The predicted octanol–water partition coefficient (Wildman–Crippen LogP) is 4.45. The molecule has 2 aromatic rings. The van der Waals surface area contributed by atoms with Crippen LogP contribution in [0.3, 0.4) is 0 Å². The standard InChI is InChI=1S/C17H25NO2/c1-5-9-18-11-16-17(12(3)4)14-10-13(19-6-2)7-8-15(14)20-16/h7-8,10,12,18H,5-6,9,11H2,1-4H3. The van der Waals surface area contributed by atoms with Crippen molar-refractivity contribution in [2.75, 3.05) is 13.2 Å². The van der Waals surface area contributed by atoms with E-state index in [0.29, 0.717) is 12.5 Å². The van der Waals surface area contributed by atoms with E-state index in [-0.39, 0.29) is 0 Å². The number of furan rings is 1. The lowest BCUT2D eigenvalue weighted by molar-refractivity contribution is 0.340. The molecular formula is C17H25NO2. The van der Waals surface area contributed by atoms with Crippen molar-refractivity contribution in [3.05, 3.63) is 29.5 Å². The van der Waals surface area contributed by atoms with Gasteiger partial charge < -0.3 is 14.5 Å². The molecule has 0 atom stereocenters. The van der Waals surface area contributed by atoms with Crippen molar-refractivity contribution >= 4 is 11.0 Å². The third kappa shape index (κ3) is 3.15. The van der Waals surface area contributed by atoms with E-state index < -0.39 is 0 Å². The van der Waals surface area contributed by atoms with Gasteiger partial charge in [-0.15, -0.1) is 0 Å². The molecule has 0 aliphatic rings. The van der Waals surface area contributed by atoms with Crippen LogP contribution < -0.4 is 10.1 Å². The van der Waals surface area contributed by atoms with Gasteiger partial charge in [-0.2, -0.15) is 0 Å². The lowest BCUT2D eigenvalue weighted by Gasteiger charge is -2.08. The van der Waals surface area contributed by atoms with Crippen molar-refractivity contribution in [1.29, 1.82) is 0 Å². The van der Waals surface area contributed by atoms with Gasteiger partial charge >= 0.3 is 0 Å². The van der Waals surface area contributed by atoms with E-state index in [2.05, 4.69) is 32.2 Å². The molecule has 1 aromatic carbocycles. The van der Waals surface area contributed by atoms with E-state index in [4.69, 9.17) is 9.15 Å². The number of hydrogen-bond acceptors (Lipinski definition) is 3. The maximum atomic E-state index is 6.02. The summed E-state index contributed by atoms with van der Waals surface area (Å²) in [5, 5.41) is 4.60. The molecule has 1 aromatic heterocycles. The molecule has 0 aliphatic heterocycles. The summed E-state index contributed by atoms with van der Waals surface area (Å²) >= 11 is 0. The minimum absolute atomic E-state index is 0.437. The van der Waals surface area contributed by atoms with Crippen LogP contribution in [0.1, 0.15) is 51.4 Å². The molecule has 1 N–H and O–H groups in total. The van der Waals surface area contributed by atoms with Crippen LogP contribution in [0.25, 0.3) is 11.0 Å². The summed E-state index contributed by atoms with van der Waals surface area (Å²) in [5.74, 6) is 2.40. The van der Waals surface area contributed by atoms with E-state index >= 15 is 0 Å². The molecule has 0 radical (unpaired) electrons. The highest BCUT2D eigenvalue weighted by atomic mass is 16.5. The minimum atomic E-state index is 0.437. The molecule has 2 rings (SSSR count). The first-order valence-corrected chi connectivity index (χ1v) is 7.56. The van der Waals surface area contributed by atoms with Crippen LogP contribution in [0.2, 0.25) is 0 Å². The Morgan fingerprint density at radius 3 is 2.70 bits per heavy atom. The summed E-state index contributed by atoms with van der Waals surface area (Å²) in [6.45, 7) is 11.1. The highest BCUT2D eigenvalue weighted by molar-refractivity contribution is 5.84. The molecule has 20 heavy (non-hydrogen) atoms. The van der Waals surface area contributed by atoms with Crippen molar-refractivity contribution in [3.63, 3.8) is 0 Å². The Bertz CT molecular complexity index is 557. The van der Waals surface area contributed by atoms with Gasteiger partial charge in [-0.3, -0.25) is 0 Å². The Morgan fingerprint density at radius 2 is 2.05 bits per heavy atom. The van der Waals surface area contributed by atoms with Gasteiger partial charge in [0.2, 0.25) is 0 Å². The highest BCUT2D eigenvalue weighted by Gasteiger charge is 2.17. The number of nitrogens with one attached hydrogen (secondary N) is 1. The van der Waals surface area contributed by atoms with Crippen LogP contribution in [0, 0.1) is 0 Å². The molecular weight excluding hydrogens is 250 g/mol. The zero-order valence-corrected chi connectivity index (χ0v) is 13.0. The summed E-state index contributed by atoms with van der Waals surface area (Å²) in [7, 11) is 0. The Labute approximate surface area is 121 Å². The van der Waals surface area contributed by atoms with Crippen LogP contribution >= 0.6 is 0 Å². The van der Waals surface area contributed by atoms with Crippen LogP contribution in [0.15, 0.2) is 22.6 Å². The molecule has 0 amide bonds. The molecule has 1 heterocycles. The smallest absolute Gasteiger partial charge is 0.134 e. The zero-order chi connectivity index (χ0) is 14.5. The van der Waals surface area contributed by atoms with Gasteiger partial charge in [0.15, 0.2) is 0 Å². The van der Waals surface area contributed by atoms with Crippen molar-refractivity contribution in [2.45, 2.75) is 46.6 Å². The van der Waals surface area contributed by atoms with Crippen molar-refractivity contribution in [2.24, 2.45) is 0 Å². The second-order valence-electron chi connectivity index (χ2n) is 5.36. The lowest BCUT2D eigenvalue weighted by Crippen LogP contribution is -2.14. The quantitative estimate of drug-likeness (QED) is 0.758. The molecule has 0 unspecified atom stereocenters. The number of hydrogen-bond donors (Lipinski definition) is 1. The molecule has 0 bridgehead atoms. The fourth-order valence-electron chi connectivity index (χ4n) is 2.55. The van der Waals surface area contributed by atoms with Gasteiger partial charge in [0.25, 0.3) is 0 Å². The average Bonchev–Trinajstić information content (AvgIpc) is 2.77. The van der Waals surface area contributed by atoms with Crippen molar-refractivity contribution < 1.29 is 9.15 Å². The first-order valence-electron chi connectivity index (χ1n) is 7.56. The third-order valence-corrected chi connectivity index (χ3v) is 3.38. The summed E-state index contributed by atoms with van der Waals surface area (Å²) in [5.41, 5.74) is 2.25. The first-order chi connectivity index (χ1) is 9.67. The lowest BCUT2D eigenvalue weighted by atomic mass is 9.99. The molecule has 3 heteroatoms. The molecule has 3 nitrogen and oxygen atoms in total. The maximum absolute atomic E-state index is 6.02. The third-order valence-electron chi connectivity index (χ3n) is 3.38. The van der Waals surface area contributed by atoms with E-state index in [9.17, 15) is 0 Å². The Balaban J connectivity index is 2.39. The normalized spacial score (nSPS) is 11.4. The second-order valence-corrected chi connectivity index (χ2v) is 5.36. The Kier molecular flexibility index (Phi) is 5.07. The minimum Gasteiger partial charge on any atom is -0.494 e. The van der Waals surface area contributed by atoms with Crippen molar-refractivity contribution in [1.82, 2.24) is 5.32 Å². The second kappa shape index (κ2) is 6.80. The Morgan fingerprint density at radius 1 is 1.25 bits per heavy atom. The van der Waals surface area contributed by atoms with E-state index in [0.717, 1.165) is 36.6 Å². The van der Waals surface area contributed by atoms with E-state index in [1.165, 1.54) is 10.9 Å². The Hall–Kier alpha value is -1.48. The molecule has 0 spiro atoms. The first kappa shape index (κ1) is 14.9. The topological polar surface area (TPSA) is 34.4 Å². The van der Waals surface area contributed by atoms with Crippen molar-refractivity contribution in [3.8, 4) is 5.75 Å². The molecule has 0 saturated heterocycles. The van der Waals surface area contributed by atoms with E-state index in [1.54, 1.807) is 0 Å². The van der Waals surface area contributed by atoms with Gasteiger partial charge in [-0.05, 0) is 44.0 Å². The van der Waals surface area contributed by atoms with Gasteiger partial charge in [0.1, 0.15) is 17.1 Å². The highest BCUT2D eigenvalue weighted by Crippen LogP contribution is 2.34. The average molecular weight is 275 g/mol. The summed E-state index contributed by atoms with van der Waals surface area (Å²) in [4.78, 5) is 0. The van der Waals surface area contributed by atoms with Gasteiger partial charge in [0.05, 0.1) is 13.2 Å². The number of ether oxygens (including phenoxy) is 1. The van der Waals surface area contributed by atoms with Crippen LogP contribution in [-0.2, 0) is 6.54 Å². The summed E-state index contributed by atoms with van der Waals surface area (Å²) < 4.78 is 11.6. The monoisotopic (exact) mass is 275 g/mol. The molecule has 110 valence electrons. The fourth-order valence-corrected chi connectivity index (χ4v) is 2.55. The van der Waals surface area contributed by atoms with E-state index in [1.807, 2.05) is 19.1 Å². The largest absolute Gasteiger partial charge is 0.494 e. The summed E-state index contributed by atoms with van der Waals surface area (Å²) in [6.07, 6.45) is 1.13. The maximum Gasteiger partial charge on any atom is 0.134 e. The summed E-state index contributed by atoms with van der Waals surface area (Å²) in [6, 6.07) is 6.08. The van der Waals surface area contributed by atoms with Crippen LogP contribution in [0.4, 0.5) is 0 Å². The molecule has 0 saturated carbocycles. The number of fused-ring (bicyclic) bond motifs is 1. The van der Waals surface area contributed by atoms with Gasteiger partial charge in [-0.1, -0.05) is 20.8 Å². The number of benzene rings is 1. The van der Waals surface area contributed by atoms with Crippen LogP contribution in [-0.4, -0.2) is 13.2 Å². The van der Waals surface area contributed by atoms with Gasteiger partial charge in [0, 0.05) is 10.9 Å². The molecule has 0 fully saturated rings. The number of rotatable bonds is 7. The molecule has 0 aliphatic carbocycles. The van der Waals surface area contributed by atoms with Crippen LogP contribution in [0.5, 0.6) is 5.75 Å². The predicted molar refractivity (Wildman–Crippen MR) is 83.5 cm³/mol. The fraction of sp³-hybridized carbons (Fsp3) is 0.529. The SMILES string of the molecule is CCCNCc1oc2ccc(OCC)cc2c1C(C)C. The zero-order valence-electron chi connectivity index (χ0n) is 13.0.